The first-order valence-electron chi connectivity index (χ1n) is 7.98. The molecule has 0 aliphatic carbocycles. The number of aromatic nitrogens is 1. The van der Waals surface area contributed by atoms with E-state index >= 15 is 0 Å². The molecule has 0 saturated heterocycles. The molecular weight excluding hydrogens is 373 g/mol. The minimum absolute atomic E-state index is 0.0847. The molecule has 1 aromatic heterocycles. The van der Waals surface area contributed by atoms with Crippen LogP contribution in [0.4, 0.5) is 13.2 Å². The van der Waals surface area contributed by atoms with Gasteiger partial charge in [0, 0.05) is 16.7 Å². The predicted octanol–water partition coefficient (Wildman–Crippen LogP) is 4.79. The number of carbonyl (C=O) groups is 1. The van der Waals surface area contributed by atoms with Gasteiger partial charge in [-0.25, -0.2) is 13.2 Å². The largest absolute Gasteiger partial charge is 0.364 e. The van der Waals surface area contributed by atoms with Crippen LogP contribution in [0.5, 0.6) is 0 Å². The van der Waals surface area contributed by atoms with Crippen LogP contribution in [0.2, 0.25) is 0 Å². The maximum Gasteiger partial charge on any atom is 0.267 e. The molecule has 1 atom stereocenters. The molecule has 2 N–H and O–H groups in total. The van der Waals surface area contributed by atoms with E-state index in [-0.39, 0.29) is 11.3 Å². The first-order chi connectivity index (χ1) is 12.8. The Morgan fingerprint density at radius 2 is 1.67 bits per heavy atom. The lowest BCUT2D eigenvalue weighted by Gasteiger charge is -2.20. The number of nitrogens with two attached hydrogens (primary N) is 1. The summed E-state index contributed by atoms with van der Waals surface area (Å²) in [6.07, 6.45) is 1.43. The predicted molar refractivity (Wildman–Crippen MR) is 97.9 cm³/mol. The molecule has 0 fully saturated rings. The molecule has 0 spiro atoms. The molecule has 0 radical (unpaired) electrons. The summed E-state index contributed by atoms with van der Waals surface area (Å²) in [5.74, 6) is -2.22. The molecule has 3 rings (SSSR count). The molecule has 1 amide bonds. The van der Waals surface area contributed by atoms with E-state index in [1.807, 2.05) is 0 Å². The molecule has 3 aromatic rings. The molecule has 0 aliphatic rings. The normalized spacial score (nSPS) is 12.0. The Hall–Kier alpha value is -2.80. The topological polar surface area (TPSA) is 56.0 Å². The van der Waals surface area contributed by atoms with Crippen LogP contribution in [-0.4, -0.2) is 10.9 Å². The second kappa shape index (κ2) is 7.84. The van der Waals surface area contributed by atoms with Crippen LogP contribution >= 0.6 is 11.8 Å². The van der Waals surface area contributed by atoms with Crippen molar-refractivity contribution in [2.75, 3.05) is 0 Å². The SMILES string of the molecule is Cc1cc(C(N)=O)ncc1C(Sc1ccc(F)cc1)c1cc(F)ccc1F. The fourth-order valence-corrected chi connectivity index (χ4v) is 3.88. The fourth-order valence-electron chi connectivity index (χ4n) is 2.64. The van der Waals surface area contributed by atoms with Crippen LogP contribution < -0.4 is 5.73 Å². The number of carbonyl (C=O) groups excluding carboxylic acids is 1. The van der Waals surface area contributed by atoms with Gasteiger partial charge in [-0.15, -0.1) is 11.8 Å². The number of amides is 1. The van der Waals surface area contributed by atoms with Gasteiger partial charge >= 0.3 is 0 Å². The van der Waals surface area contributed by atoms with Crippen LogP contribution in [0.1, 0.15) is 32.4 Å². The smallest absolute Gasteiger partial charge is 0.267 e. The number of rotatable bonds is 5. The fraction of sp³-hybridized carbons (Fsp3) is 0.100. The summed E-state index contributed by atoms with van der Waals surface area (Å²) in [5.41, 5.74) is 6.71. The van der Waals surface area contributed by atoms with Crippen molar-refractivity contribution in [3.05, 3.63) is 94.6 Å². The van der Waals surface area contributed by atoms with E-state index in [9.17, 15) is 18.0 Å². The molecule has 1 heterocycles. The average Bonchev–Trinajstić information content (AvgIpc) is 2.63. The van der Waals surface area contributed by atoms with E-state index in [0.29, 0.717) is 16.0 Å². The van der Waals surface area contributed by atoms with Crippen molar-refractivity contribution in [1.82, 2.24) is 4.98 Å². The molecule has 7 heteroatoms. The van der Waals surface area contributed by atoms with Crippen LogP contribution in [0.3, 0.4) is 0 Å². The summed E-state index contributed by atoms with van der Waals surface area (Å²) >= 11 is 1.23. The molecule has 138 valence electrons. The lowest BCUT2D eigenvalue weighted by Crippen LogP contribution is -2.14. The van der Waals surface area contributed by atoms with Crippen molar-refractivity contribution in [2.24, 2.45) is 5.73 Å². The number of hydrogen-bond donors (Lipinski definition) is 1. The first kappa shape index (κ1) is 19.0. The number of benzene rings is 2. The number of pyridine rings is 1. The third-order valence-corrected chi connectivity index (χ3v) is 5.28. The Kier molecular flexibility index (Phi) is 5.51. The van der Waals surface area contributed by atoms with Gasteiger partial charge in [0.2, 0.25) is 0 Å². The third-order valence-electron chi connectivity index (χ3n) is 3.99. The summed E-state index contributed by atoms with van der Waals surface area (Å²) < 4.78 is 41.5. The van der Waals surface area contributed by atoms with Gasteiger partial charge in [0.15, 0.2) is 0 Å². The molecule has 0 aliphatic heterocycles. The number of aryl methyl sites for hydroxylation is 1. The summed E-state index contributed by atoms with van der Waals surface area (Å²) in [6, 6.07) is 10.4. The van der Waals surface area contributed by atoms with Gasteiger partial charge in [-0.2, -0.15) is 0 Å². The minimum atomic E-state index is -0.677. The highest BCUT2D eigenvalue weighted by Gasteiger charge is 2.23. The van der Waals surface area contributed by atoms with Crippen molar-refractivity contribution >= 4 is 17.7 Å². The van der Waals surface area contributed by atoms with Gasteiger partial charge in [-0.05, 0) is 66.6 Å². The van der Waals surface area contributed by atoms with Gasteiger partial charge in [0.25, 0.3) is 5.91 Å². The summed E-state index contributed by atoms with van der Waals surface area (Å²) in [7, 11) is 0. The minimum Gasteiger partial charge on any atom is -0.364 e. The van der Waals surface area contributed by atoms with E-state index in [2.05, 4.69) is 4.98 Å². The Morgan fingerprint density at radius 1 is 1.00 bits per heavy atom. The number of nitrogens with zero attached hydrogens (tertiary/aromatic N) is 1. The van der Waals surface area contributed by atoms with Crippen molar-refractivity contribution in [2.45, 2.75) is 17.1 Å². The highest BCUT2D eigenvalue weighted by molar-refractivity contribution is 7.99. The molecule has 3 nitrogen and oxygen atoms in total. The van der Waals surface area contributed by atoms with E-state index in [0.717, 1.165) is 18.2 Å². The average molecular weight is 388 g/mol. The second-order valence-corrected chi connectivity index (χ2v) is 7.09. The van der Waals surface area contributed by atoms with Crippen molar-refractivity contribution in [3.8, 4) is 0 Å². The second-order valence-electron chi connectivity index (χ2n) is 5.91. The lowest BCUT2D eigenvalue weighted by molar-refractivity contribution is 0.0995. The first-order valence-corrected chi connectivity index (χ1v) is 8.86. The Morgan fingerprint density at radius 3 is 2.30 bits per heavy atom. The third kappa shape index (κ3) is 4.31. The molecule has 27 heavy (non-hydrogen) atoms. The standard InChI is InChI=1S/C20H15F3N2OS/c1-11-8-18(20(24)26)25-10-16(11)19(15-9-13(22)4-7-17(15)23)27-14-5-2-12(21)3-6-14/h2-10,19H,1H3,(H2,24,26). The van der Waals surface area contributed by atoms with Gasteiger partial charge in [-0.1, -0.05) is 0 Å². The molecule has 0 saturated carbocycles. The molecule has 2 aromatic carbocycles. The molecule has 1 unspecified atom stereocenters. The van der Waals surface area contributed by atoms with E-state index < -0.39 is 28.6 Å². The highest BCUT2D eigenvalue weighted by Crippen LogP contribution is 2.42. The van der Waals surface area contributed by atoms with Gasteiger partial charge in [0.05, 0.1) is 5.25 Å². The maximum absolute atomic E-state index is 14.5. The summed E-state index contributed by atoms with van der Waals surface area (Å²) in [6.45, 7) is 1.73. The van der Waals surface area contributed by atoms with Crippen molar-refractivity contribution < 1.29 is 18.0 Å². The molecule has 0 bridgehead atoms. The van der Waals surface area contributed by atoms with Crippen molar-refractivity contribution in [3.63, 3.8) is 0 Å². The Labute approximate surface area is 158 Å². The highest BCUT2D eigenvalue weighted by atomic mass is 32.2. The van der Waals surface area contributed by atoms with Gasteiger partial charge < -0.3 is 5.73 Å². The number of halogens is 3. The Balaban J connectivity index is 2.11. The van der Waals surface area contributed by atoms with E-state index in [1.165, 1.54) is 36.2 Å². The van der Waals surface area contributed by atoms with E-state index in [4.69, 9.17) is 5.73 Å². The van der Waals surface area contributed by atoms with E-state index in [1.54, 1.807) is 19.1 Å². The lowest BCUT2D eigenvalue weighted by atomic mass is 10.0. The Bertz CT molecular complexity index is 993. The van der Waals surface area contributed by atoms with Crippen LogP contribution in [-0.2, 0) is 0 Å². The monoisotopic (exact) mass is 388 g/mol. The zero-order valence-corrected chi connectivity index (χ0v) is 15.1. The maximum atomic E-state index is 14.5. The van der Waals surface area contributed by atoms with Gasteiger partial charge in [0.1, 0.15) is 23.1 Å². The number of hydrogen-bond acceptors (Lipinski definition) is 3. The molecular formula is C20H15F3N2OS. The summed E-state index contributed by atoms with van der Waals surface area (Å²) in [5, 5.41) is -0.652. The van der Waals surface area contributed by atoms with Crippen LogP contribution in [0.25, 0.3) is 0 Å². The number of thioether (sulfide) groups is 1. The van der Waals surface area contributed by atoms with Crippen LogP contribution in [0, 0.1) is 24.4 Å². The van der Waals surface area contributed by atoms with Gasteiger partial charge in [-0.3, -0.25) is 9.78 Å². The van der Waals surface area contributed by atoms with Crippen LogP contribution in [0.15, 0.2) is 59.6 Å². The summed E-state index contributed by atoms with van der Waals surface area (Å²) in [4.78, 5) is 16.0. The quantitative estimate of drug-likeness (QED) is 0.640. The number of primary amides is 1. The zero-order valence-electron chi connectivity index (χ0n) is 14.2. The van der Waals surface area contributed by atoms with Crippen molar-refractivity contribution in [1.29, 1.82) is 0 Å². The zero-order chi connectivity index (χ0) is 19.6.